The highest BCUT2D eigenvalue weighted by atomic mass is 15.3. The summed E-state index contributed by atoms with van der Waals surface area (Å²) < 4.78 is 0. The molecule has 2 N–H and O–H groups in total. The van der Waals surface area contributed by atoms with Crippen LogP contribution in [-0.2, 0) is 6.54 Å². The molecule has 0 amide bonds. The van der Waals surface area contributed by atoms with E-state index in [9.17, 15) is 0 Å². The number of hydrogen-bond donors (Lipinski definition) is 1. The van der Waals surface area contributed by atoms with Crippen LogP contribution in [-0.4, -0.2) is 47.1 Å². The van der Waals surface area contributed by atoms with Gasteiger partial charge in [-0.25, -0.2) is 9.97 Å². The van der Waals surface area contributed by atoms with Gasteiger partial charge in [-0.3, -0.25) is 4.90 Å². The van der Waals surface area contributed by atoms with Crippen LogP contribution in [0.1, 0.15) is 31.4 Å². The Bertz CT molecular complexity index is 408. The monoisotopic (exact) mass is 261 g/mol. The molecule has 0 bridgehead atoms. The maximum Gasteiger partial charge on any atom is 0.225 e. The van der Waals surface area contributed by atoms with Gasteiger partial charge in [0, 0.05) is 45.0 Å². The lowest BCUT2D eigenvalue weighted by Crippen LogP contribution is -2.50. The summed E-state index contributed by atoms with van der Waals surface area (Å²) in [5.41, 5.74) is 6.56. The minimum Gasteiger partial charge on any atom is -0.338 e. The SMILES string of the molecule is NCc1ccnc(N2CCN(C3CCCC3)CC2)n1. The van der Waals surface area contributed by atoms with Gasteiger partial charge in [0.1, 0.15) is 0 Å². The molecule has 2 fully saturated rings. The van der Waals surface area contributed by atoms with E-state index in [1.165, 1.54) is 25.7 Å². The highest BCUT2D eigenvalue weighted by Crippen LogP contribution is 2.24. The van der Waals surface area contributed by atoms with Crippen LogP contribution in [0.4, 0.5) is 5.95 Å². The third-order valence-electron chi connectivity index (χ3n) is 4.35. The van der Waals surface area contributed by atoms with E-state index in [1.54, 1.807) is 0 Å². The Morgan fingerprint density at radius 1 is 1.16 bits per heavy atom. The molecule has 1 aliphatic carbocycles. The van der Waals surface area contributed by atoms with E-state index < -0.39 is 0 Å². The average Bonchev–Trinajstić information content (AvgIpc) is 3.02. The van der Waals surface area contributed by atoms with E-state index in [0.29, 0.717) is 6.54 Å². The molecule has 1 aromatic heterocycles. The highest BCUT2D eigenvalue weighted by Gasteiger charge is 2.26. The Hall–Kier alpha value is -1.20. The van der Waals surface area contributed by atoms with E-state index in [4.69, 9.17) is 5.73 Å². The van der Waals surface area contributed by atoms with Gasteiger partial charge in [-0.15, -0.1) is 0 Å². The lowest BCUT2D eigenvalue weighted by Gasteiger charge is -2.38. The number of piperazine rings is 1. The first-order valence-corrected chi connectivity index (χ1v) is 7.38. The summed E-state index contributed by atoms with van der Waals surface area (Å²) in [5.74, 6) is 0.842. The lowest BCUT2D eigenvalue weighted by molar-refractivity contribution is 0.187. The third kappa shape index (κ3) is 2.87. The average molecular weight is 261 g/mol. The zero-order valence-corrected chi connectivity index (χ0v) is 11.5. The van der Waals surface area contributed by atoms with Crippen molar-refractivity contribution in [3.8, 4) is 0 Å². The number of aromatic nitrogens is 2. The molecule has 0 aromatic carbocycles. The van der Waals surface area contributed by atoms with Gasteiger partial charge in [0.05, 0.1) is 5.69 Å². The van der Waals surface area contributed by atoms with Gasteiger partial charge in [0.2, 0.25) is 5.95 Å². The van der Waals surface area contributed by atoms with E-state index in [0.717, 1.165) is 43.9 Å². The Balaban J connectivity index is 1.59. The maximum atomic E-state index is 5.64. The molecular weight excluding hydrogens is 238 g/mol. The van der Waals surface area contributed by atoms with Gasteiger partial charge in [-0.05, 0) is 18.9 Å². The second kappa shape index (κ2) is 5.84. The standard InChI is InChI=1S/C14H23N5/c15-11-12-5-6-16-14(17-12)19-9-7-18(8-10-19)13-3-1-2-4-13/h5-6,13H,1-4,7-11,15H2. The molecule has 0 unspecified atom stereocenters. The van der Waals surface area contributed by atoms with Crippen molar-refractivity contribution < 1.29 is 0 Å². The fourth-order valence-electron chi connectivity index (χ4n) is 3.21. The summed E-state index contributed by atoms with van der Waals surface area (Å²) in [7, 11) is 0. The molecular formula is C14H23N5. The predicted molar refractivity (Wildman–Crippen MR) is 76.0 cm³/mol. The largest absolute Gasteiger partial charge is 0.338 e. The van der Waals surface area contributed by atoms with Crippen molar-refractivity contribution in [1.29, 1.82) is 0 Å². The Morgan fingerprint density at radius 2 is 1.89 bits per heavy atom. The van der Waals surface area contributed by atoms with Crippen molar-refractivity contribution in [2.45, 2.75) is 38.3 Å². The fraction of sp³-hybridized carbons (Fsp3) is 0.714. The van der Waals surface area contributed by atoms with E-state index in [1.807, 2.05) is 12.3 Å². The van der Waals surface area contributed by atoms with Crippen LogP contribution < -0.4 is 10.6 Å². The van der Waals surface area contributed by atoms with Crippen LogP contribution in [0.15, 0.2) is 12.3 Å². The highest BCUT2D eigenvalue weighted by molar-refractivity contribution is 5.31. The summed E-state index contributed by atoms with van der Waals surface area (Å²) in [6.07, 6.45) is 7.41. The molecule has 2 heterocycles. The second-order valence-electron chi connectivity index (χ2n) is 5.51. The second-order valence-corrected chi connectivity index (χ2v) is 5.51. The Labute approximate surface area is 114 Å². The number of hydrogen-bond acceptors (Lipinski definition) is 5. The van der Waals surface area contributed by atoms with Crippen LogP contribution in [0.3, 0.4) is 0 Å². The normalized spacial score (nSPS) is 22.1. The van der Waals surface area contributed by atoms with Gasteiger partial charge < -0.3 is 10.6 Å². The first-order chi connectivity index (χ1) is 9.36. The van der Waals surface area contributed by atoms with Gasteiger partial charge in [0.15, 0.2) is 0 Å². The molecule has 5 nitrogen and oxygen atoms in total. The molecule has 1 saturated heterocycles. The number of anilines is 1. The van der Waals surface area contributed by atoms with Crippen molar-refractivity contribution in [2.24, 2.45) is 5.73 Å². The Kier molecular flexibility index (Phi) is 3.94. The van der Waals surface area contributed by atoms with Crippen molar-refractivity contribution in [1.82, 2.24) is 14.9 Å². The van der Waals surface area contributed by atoms with E-state index in [2.05, 4.69) is 19.8 Å². The van der Waals surface area contributed by atoms with Crippen LogP contribution in [0.25, 0.3) is 0 Å². The summed E-state index contributed by atoms with van der Waals surface area (Å²) in [4.78, 5) is 13.8. The smallest absolute Gasteiger partial charge is 0.225 e. The Morgan fingerprint density at radius 3 is 2.58 bits per heavy atom. The van der Waals surface area contributed by atoms with Gasteiger partial charge in [0.25, 0.3) is 0 Å². The molecule has 1 aromatic rings. The van der Waals surface area contributed by atoms with Crippen LogP contribution in [0, 0.1) is 0 Å². The minimum absolute atomic E-state index is 0.484. The van der Waals surface area contributed by atoms with E-state index >= 15 is 0 Å². The van der Waals surface area contributed by atoms with Crippen LogP contribution in [0.5, 0.6) is 0 Å². The molecule has 5 heteroatoms. The minimum atomic E-state index is 0.484. The quantitative estimate of drug-likeness (QED) is 0.879. The van der Waals surface area contributed by atoms with Gasteiger partial charge in [-0.2, -0.15) is 0 Å². The molecule has 1 aliphatic heterocycles. The van der Waals surface area contributed by atoms with E-state index in [-0.39, 0.29) is 0 Å². The molecule has 1 saturated carbocycles. The van der Waals surface area contributed by atoms with Crippen molar-refractivity contribution in [2.75, 3.05) is 31.1 Å². The number of nitrogens with zero attached hydrogens (tertiary/aromatic N) is 4. The molecule has 0 radical (unpaired) electrons. The first kappa shape index (κ1) is 12.8. The van der Waals surface area contributed by atoms with Gasteiger partial charge >= 0.3 is 0 Å². The van der Waals surface area contributed by atoms with Crippen molar-refractivity contribution in [3.05, 3.63) is 18.0 Å². The molecule has 0 atom stereocenters. The molecule has 104 valence electrons. The number of nitrogens with two attached hydrogens (primary N) is 1. The maximum absolute atomic E-state index is 5.64. The fourth-order valence-corrected chi connectivity index (χ4v) is 3.21. The summed E-state index contributed by atoms with van der Waals surface area (Å²) in [6.45, 7) is 4.83. The summed E-state index contributed by atoms with van der Waals surface area (Å²) >= 11 is 0. The lowest BCUT2D eigenvalue weighted by atomic mass is 10.2. The number of rotatable bonds is 3. The van der Waals surface area contributed by atoms with Crippen molar-refractivity contribution >= 4 is 5.95 Å². The van der Waals surface area contributed by atoms with Crippen LogP contribution >= 0.6 is 0 Å². The summed E-state index contributed by atoms with van der Waals surface area (Å²) in [6, 6.07) is 2.72. The molecule has 3 rings (SSSR count). The first-order valence-electron chi connectivity index (χ1n) is 7.38. The molecule has 2 aliphatic rings. The van der Waals surface area contributed by atoms with Crippen LogP contribution in [0.2, 0.25) is 0 Å². The third-order valence-corrected chi connectivity index (χ3v) is 4.35. The zero-order chi connectivity index (χ0) is 13.1. The predicted octanol–water partition coefficient (Wildman–Crippen LogP) is 1.000. The molecule has 0 spiro atoms. The zero-order valence-electron chi connectivity index (χ0n) is 11.5. The van der Waals surface area contributed by atoms with Crippen molar-refractivity contribution in [3.63, 3.8) is 0 Å². The van der Waals surface area contributed by atoms with Gasteiger partial charge in [-0.1, -0.05) is 12.8 Å². The summed E-state index contributed by atoms with van der Waals surface area (Å²) in [5, 5.41) is 0. The topological polar surface area (TPSA) is 58.3 Å². The molecule has 19 heavy (non-hydrogen) atoms.